The van der Waals surface area contributed by atoms with Crippen LogP contribution in [0.25, 0.3) is 0 Å². The number of aromatic hydroxyl groups is 2. The minimum Gasteiger partial charge on any atom is -0.504 e. The van der Waals surface area contributed by atoms with Crippen LogP contribution in [0.15, 0.2) is 47.6 Å². The van der Waals surface area contributed by atoms with Crippen LogP contribution >= 0.6 is 0 Å². The van der Waals surface area contributed by atoms with Crippen molar-refractivity contribution in [2.75, 3.05) is 19.0 Å². The summed E-state index contributed by atoms with van der Waals surface area (Å²) in [5.41, 5.74) is 4.45. The molecule has 6 nitrogen and oxygen atoms in total. The van der Waals surface area contributed by atoms with Crippen LogP contribution in [0.4, 0.5) is 5.69 Å². The SMILES string of the molecule is CN(C)c1ccc(C(=O)NN=Cc2ccc(O)c(O)c2)cc1. The highest BCUT2D eigenvalue weighted by Gasteiger charge is 2.04. The summed E-state index contributed by atoms with van der Waals surface area (Å²) in [4.78, 5) is 13.9. The van der Waals surface area contributed by atoms with E-state index in [-0.39, 0.29) is 17.4 Å². The van der Waals surface area contributed by atoms with Gasteiger partial charge in [0.15, 0.2) is 11.5 Å². The molecule has 0 aliphatic rings. The third kappa shape index (κ3) is 3.76. The summed E-state index contributed by atoms with van der Waals surface area (Å²) < 4.78 is 0. The van der Waals surface area contributed by atoms with Crippen molar-refractivity contribution in [3.8, 4) is 11.5 Å². The van der Waals surface area contributed by atoms with Crippen molar-refractivity contribution in [1.29, 1.82) is 0 Å². The summed E-state index contributed by atoms with van der Waals surface area (Å²) in [5.74, 6) is -0.777. The molecule has 0 heterocycles. The minimum atomic E-state index is -0.329. The number of amides is 1. The van der Waals surface area contributed by atoms with Crippen molar-refractivity contribution in [2.45, 2.75) is 0 Å². The first-order chi connectivity index (χ1) is 10.5. The number of carbonyl (C=O) groups is 1. The third-order valence-electron chi connectivity index (χ3n) is 3.03. The van der Waals surface area contributed by atoms with Gasteiger partial charge in [-0.3, -0.25) is 4.79 Å². The molecule has 0 fully saturated rings. The summed E-state index contributed by atoms with van der Waals surface area (Å²) in [5, 5.41) is 22.4. The topological polar surface area (TPSA) is 85.2 Å². The van der Waals surface area contributed by atoms with Gasteiger partial charge in [-0.2, -0.15) is 5.10 Å². The predicted molar refractivity (Wildman–Crippen MR) is 85.6 cm³/mol. The molecular weight excluding hydrogens is 282 g/mol. The van der Waals surface area contributed by atoms with E-state index in [4.69, 9.17) is 0 Å². The summed E-state index contributed by atoms with van der Waals surface area (Å²) in [6.45, 7) is 0. The smallest absolute Gasteiger partial charge is 0.271 e. The van der Waals surface area contributed by atoms with Crippen LogP contribution in [0.2, 0.25) is 0 Å². The molecule has 114 valence electrons. The maximum absolute atomic E-state index is 11.9. The molecule has 3 N–H and O–H groups in total. The Kier molecular flexibility index (Phi) is 4.63. The zero-order valence-corrected chi connectivity index (χ0v) is 12.3. The van der Waals surface area contributed by atoms with E-state index in [0.29, 0.717) is 11.1 Å². The number of benzene rings is 2. The Hall–Kier alpha value is -3.02. The molecule has 0 aliphatic heterocycles. The van der Waals surface area contributed by atoms with Gasteiger partial charge in [-0.15, -0.1) is 0 Å². The molecule has 0 spiro atoms. The van der Waals surface area contributed by atoms with Gasteiger partial charge < -0.3 is 15.1 Å². The van der Waals surface area contributed by atoms with Crippen molar-refractivity contribution in [1.82, 2.24) is 5.43 Å². The number of anilines is 1. The van der Waals surface area contributed by atoms with Crippen LogP contribution in [0.5, 0.6) is 11.5 Å². The van der Waals surface area contributed by atoms with E-state index in [9.17, 15) is 15.0 Å². The fourth-order valence-electron chi connectivity index (χ4n) is 1.76. The average Bonchev–Trinajstić information content (AvgIpc) is 2.51. The van der Waals surface area contributed by atoms with Gasteiger partial charge in [0.2, 0.25) is 0 Å². The maximum atomic E-state index is 11.9. The molecule has 22 heavy (non-hydrogen) atoms. The predicted octanol–water partition coefficient (Wildman–Crippen LogP) is 1.93. The van der Waals surface area contributed by atoms with Crippen LogP contribution < -0.4 is 10.3 Å². The Labute approximate surface area is 128 Å². The van der Waals surface area contributed by atoms with Crippen LogP contribution in [0.1, 0.15) is 15.9 Å². The zero-order valence-electron chi connectivity index (χ0n) is 12.3. The molecule has 2 aromatic rings. The largest absolute Gasteiger partial charge is 0.504 e. The van der Waals surface area contributed by atoms with Crippen molar-refractivity contribution >= 4 is 17.8 Å². The van der Waals surface area contributed by atoms with E-state index in [2.05, 4.69) is 10.5 Å². The van der Waals surface area contributed by atoms with E-state index in [1.807, 2.05) is 31.1 Å². The van der Waals surface area contributed by atoms with E-state index in [0.717, 1.165) is 5.69 Å². The fourth-order valence-corrected chi connectivity index (χ4v) is 1.76. The van der Waals surface area contributed by atoms with Crippen molar-refractivity contribution in [3.63, 3.8) is 0 Å². The number of carbonyl (C=O) groups excluding carboxylic acids is 1. The lowest BCUT2D eigenvalue weighted by Gasteiger charge is -2.12. The standard InChI is InChI=1S/C16H17N3O3/c1-19(2)13-6-4-12(5-7-13)16(22)18-17-10-11-3-8-14(20)15(21)9-11/h3-10,20-21H,1-2H3,(H,18,22). The van der Waals surface area contributed by atoms with Crippen molar-refractivity contribution in [3.05, 3.63) is 53.6 Å². The lowest BCUT2D eigenvalue weighted by Crippen LogP contribution is -2.17. The number of phenols is 2. The molecule has 0 saturated heterocycles. The number of rotatable bonds is 4. The fraction of sp³-hybridized carbons (Fsp3) is 0.125. The molecule has 2 aromatic carbocycles. The van der Waals surface area contributed by atoms with Gasteiger partial charge in [0.25, 0.3) is 5.91 Å². The summed E-state index contributed by atoms with van der Waals surface area (Å²) >= 11 is 0. The Balaban J connectivity index is 1.99. The van der Waals surface area contributed by atoms with Crippen LogP contribution in [0, 0.1) is 0 Å². The van der Waals surface area contributed by atoms with Crippen LogP contribution in [0.3, 0.4) is 0 Å². The second-order valence-electron chi connectivity index (χ2n) is 4.89. The first kappa shape index (κ1) is 15.4. The normalized spacial score (nSPS) is 10.6. The highest BCUT2D eigenvalue weighted by molar-refractivity contribution is 5.95. The molecule has 0 radical (unpaired) electrons. The quantitative estimate of drug-likeness (QED) is 0.457. The first-order valence-electron chi connectivity index (χ1n) is 6.60. The average molecular weight is 299 g/mol. The van der Waals surface area contributed by atoms with Crippen LogP contribution in [-0.4, -0.2) is 36.4 Å². The molecular formula is C16H17N3O3. The molecule has 2 rings (SSSR count). The Morgan fingerprint density at radius 1 is 1.09 bits per heavy atom. The third-order valence-corrected chi connectivity index (χ3v) is 3.03. The van der Waals surface area contributed by atoms with E-state index >= 15 is 0 Å². The number of nitrogens with zero attached hydrogens (tertiary/aromatic N) is 2. The lowest BCUT2D eigenvalue weighted by molar-refractivity contribution is 0.0955. The van der Waals surface area contributed by atoms with E-state index in [1.165, 1.54) is 18.3 Å². The van der Waals surface area contributed by atoms with Crippen molar-refractivity contribution < 1.29 is 15.0 Å². The maximum Gasteiger partial charge on any atom is 0.271 e. The van der Waals surface area contributed by atoms with Gasteiger partial charge >= 0.3 is 0 Å². The molecule has 0 aliphatic carbocycles. The van der Waals surface area contributed by atoms with Gasteiger partial charge in [-0.05, 0) is 48.0 Å². The van der Waals surface area contributed by atoms with Crippen molar-refractivity contribution in [2.24, 2.45) is 5.10 Å². The Bertz CT molecular complexity index is 694. The number of hydrogen-bond donors (Lipinski definition) is 3. The number of hydrogen-bond acceptors (Lipinski definition) is 5. The van der Waals surface area contributed by atoms with Gasteiger partial charge in [-0.25, -0.2) is 5.43 Å². The molecule has 0 bridgehead atoms. The summed E-state index contributed by atoms with van der Waals surface area (Å²) in [7, 11) is 3.85. The highest BCUT2D eigenvalue weighted by Crippen LogP contribution is 2.23. The Morgan fingerprint density at radius 3 is 2.36 bits per heavy atom. The summed E-state index contributed by atoms with van der Waals surface area (Å²) in [6, 6.07) is 11.4. The van der Waals surface area contributed by atoms with Crippen LogP contribution in [-0.2, 0) is 0 Å². The number of nitrogens with one attached hydrogen (secondary N) is 1. The monoisotopic (exact) mass is 299 g/mol. The Morgan fingerprint density at radius 2 is 1.77 bits per heavy atom. The lowest BCUT2D eigenvalue weighted by atomic mass is 10.2. The molecule has 0 saturated carbocycles. The second kappa shape index (κ2) is 6.62. The van der Waals surface area contributed by atoms with Gasteiger partial charge in [0.05, 0.1) is 6.21 Å². The van der Waals surface area contributed by atoms with Gasteiger partial charge in [0, 0.05) is 25.3 Å². The minimum absolute atomic E-state index is 0.206. The van der Waals surface area contributed by atoms with Gasteiger partial charge in [-0.1, -0.05) is 0 Å². The van der Waals surface area contributed by atoms with E-state index < -0.39 is 0 Å². The molecule has 0 atom stereocenters. The number of hydrazone groups is 1. The molecule has 1 amide bonds. The first-order valence-corrected chi connectivity index (χ1v) is 6.60. The summed E-state index contributed by atoms with van der Waals surface area (Å²) in [6.07, 6.45) is 1.38. The second-order valence-corrected chi connectivity index (χ2v) is 4.89. The molecule has 6 heteroatoms. The molecule has 0 aromatic heterocycles. The number of phenolic OH excluding ortho intramolecular Hbond substituents is 2. The highest BCUT2D eigenvalue weighted by atomic mass is 16.3. The molecule has 0 unspecified atom stereocenters. The van der Waals surface area contributed by atoms with Gasteiger partial charge in [0.1, 0.15) is 0 Å². The van der Waals surface area contributed by atoms with E-state index in [1.54, 1.807) is 18.2 Å². The zero-order chi connectivity index (χ0) is 16.1.